The molecule has 0 unspecified atom stereocenters. The van der Waals surface area contributed by atoms with Gasteiger partial charge < -0.3 is 14.5 Å². The van der Waals surface area contributed by atoms with Crippen molar-refractivity contribution in [2.75, 3.05) is 32.8 Å². The summed E-state index contributed by atoms with van der Waals surface area (Å²) in [4.78, 5) is 15.2. The van der Waals surface area contributed by atoms with Crippen LogP contribution in [-0.2, 0) is 4.74 Å². The summed E-state index contributed by atoms with van der Waals surface area (Å²) in [6, 6.07) is 20.7. The topological polar surface area (TPSA) is 54.7 Å². The molecule has 1 aromatic heterocycles. The molecule has 2 aromatic carbocycles. The summed E-state index contributed by atoms with van der Waals surface area (Å²) in [5, 5.41) is 3.71. The lowest BCUT2D eigenvalue weighted by Gasteiger charge is -2.31. The third-order valence-electron chi connectivity index (χ3n) is 5.02. The Kier molecular flexibility index (Phi) is 6.30. The first kappa shape index (κ1) is 19.7. The number of furan rings is 1. The molecule has 5 nitrogen and oxygen atoms in total. The van der Waals surface area contributed by atoms with E-state index in [1.54, 1.807) is 18.2 Å². The lowest BCUT2D eigenvalue weighted by Crippen LogP contribution is -2.43. The van der Waals surface area contributed by atoms with Crippen LogP contribution in [0.3, 0.4) is 0 Å². The Balaban J connectivity index is 1.51. The molecule has 1 aliphatic heterocycles. The largest absolute Gasteiger partial charge is 0.451 e. The number of halogens is 1. The average Bonchev–Trinajstić information content (AvgIpc) is 3.25. The Morgan fingerprint density at radius 2 is 1.72 bits per heavy atom. The van der Waals surface area contributed by atoms with Gasteiger partial charge in [-0.25, -0.2) is 0 Å². The van der Waals surface area contributed by atoms with E-state index in [0.717, 1.165) is 44.0 Å². The number of ether oxygens (including phenoxy) is 1. The lowest BCUT2D eigenvalue weighted by atomic mass is 10.1. The summed E-state index contributed by atoms with van der Waals surface area (Å²) in [6.07, 6.45) is 0. The van der Waals surface area contributed by atoms with Gasteiger partial charge in [0.2, 0.25) is 0 Å². The van der Waals surface area contributed by atoms with E-state index in [1.165, 1.54) is 0 Å². The molecule has 1 N–H and O–H groups in total. The fourth-order valence-corrected chi connectivity index (χ4v) is 3.69. The number of benzene rings is 2. The highest BCUT2D eigenvalue weighted by Gasteiger charge is 2.22. The van der Waals surface area contributed by atoms with Crippen LogP contribution in [0, 0.1) is 0 Å². The van der Waals surface area contributed by atoms with E-state index in [2.05, 4.69) is 10.2 Å². The normalized spacial score (nSPS) is 15.8. The number of nitrogens with zero attached hydrogens (tertiary/aromatic N) is 1. The molecule has 0 bridgehead atoms. The van der Waals surface area contributed by atoms with Crippen molar-refractivity contribution in [3.63, 3.8) is 0 Å². The zero-order valence-electron chi connectivity index (χ0n) is 16.0. The van der Waals surface area contributed by atoms with Gasteiger partial charge in [-0.1, -0.05) is 54.1 Å². The van der Waals surface area contributed by atoms with Crippen LogP contribution in [0.15, 0.2) is 71.1 Å². The molecule has 1 aliphatic rings. The quantitative estimate of drug-likeness (QED) is 0.654. The third-order valence-corrected chi connectivity index (χ3v) is 5.35. The molecular weight excluding hydrogens is 388 g/mol. The third kappa shape index (κ3) is 4.88. The fourth-order valence-electron chi connectivity index (χ4n) is 3.46. The number of carbonyl (C=O) groups excluding carboxylic acids is 1. The van der Waals surface area contributed by atoms with Crippen molar-refractivity contribution in [3.05, 3.63) is 83.1 Å². The summed E-state index contributed by atoms with van der Waals surface area (Å²) in [6.45, 7) is 3.87. The summed E-state index contributed by atoms with van der Waals surface area (Å²) >= 11 is 6.24. The van der Waals surface area contributed by atoms with Crippen LogP contribution in [0.4, 0.5) is 0 Å². The summed E-state index contributed by atoms with van der Waals surface area (Å²) < 4.78 is 11.2. The minimum absolute atomic E-state index is 0.143. The van der Waals surface area contributed by atoms with Crippen LogP contribution in [0.1, 0.15) is 22.2 Å². The first-order valence-corrected chi connectivity index (χ1v) is 10.1. The summed E-state index contributed by atoms with van der Waals surface area (Å²) in [5.74, 6) is 0.596. The number of hydrogen-bond acceptors (Lipinski definition) is 4. The molecule has 0 saturated carbocycles. The van der Waals surface area contributed by atoms with Gasteiger partial charge in [0.1, 0.15) is 5.76 Å². The van der Waals surface area contributed by atoms with Crippen LogP contribution in [-0.4, -0.2) is 43.7 Å². The predicted molar refractivity (Wildman–Crippen MR) is 113 cm³/mol. The predicted octanol–water partition coefficient (Wildman–Crippen LogP) is 4.40. The van der Waals surface area contributed by atoms with Crippen LogP contribution >= 0.6 is 11.6 Å². The van der Waals surface area contributed by atoms with E-state index < -0.39 is 0 Å². The molecule has 2 heterocycles. The van der Waals surface area contributed by atoms with E-state index in [4.69, 9.17) is 20.8 Å². The maximum Gasteiger partial charge on any atom is 0.287 e. The van der Waals surface area contributed by atoms with Crippen molar-refractivity contribution in [2.24, 2.45) is 0 Å². The first-order valence-electron chi connectivity index (χ1n) is 9.71. The second kappa shape index (κ2) is 9.27. The Hall–Kier alpha value is -2.60. The van der Waals surface area contributed by atoms with Gasteiger partial charge in [0.25, 0.3) is 5.91 Å². The van der Waals surface area contributed by atoms with E-state index in [0.29, 0.717) is 10.8 Å². The number of amides is 1. The zero-order chi connectivity index (χ0) is 20.1. The molecule has 0 radical (unpaired) electrons. The Morgan fingerprint density at radius 1 is 1.00 bits per heavy atom. The molecule has 1 fully saturated rings. The molecule has 4 rings (SSSR count). The Bertz CT molecular complexity index is 952. The van der Waals surface area contributed by atoms with Gasteiger partial charge in [-0.2, -0.15) is 0 Å². The van der Waals surface area contributed by atoms with E-state index >= 15 is 0 Å². The molecule has 1 saturated heterocycles. The molecule has 1 amide bonds. The molecule has 29 heavy (non-hydrogen) atoms. The molecule has 150 valence electrons. The maximum atomic E-state index is 12.9. The second-order valence-corrected chi connectivity index (χ2v) is 7.40. The second-order valence-electron chi connectivity index (χ2n) is 6.99. The fraction of sp³-hybridized carbons (Fsp3) is 0.261. The number of carbonyl (C=O) groups is 1. The van der Waals surface area contributed by atoms with Gasteiger partial charge in [-0.05, 0) is 29.8 Å². The van der Waals surface area contributed by atoms with Crippen molar-refractivity contribution in [3.8, 4) is 11.3 Å². The standard InChI is InChI=1S/C23H23ClN2O3/c24-19-9-5-4-8-18(19)21-10-11-22(29-21)23(27)25-20(17-6-2-1-3-7-17)16-26-12-14-28-15-13-26/h1-11,20H,12-16H2,(H,25,27)/t20-/m0/s1. The van der Waals surface area contributed by atoms with Crippen molar-refractivity contribution >= 4 is 17.5 Å². The van der Waals surface area contributed by atoms with E-state index in [1.807, 2.05) is 48.5 Å². The van der Waals surface area contributed by atoms with Crippen molar-refractivity contribution in [1.82, 2.24) is 10.2 Å². The van der Waals surface area contributed by atoms with Gasteiger partial charge in [-0.3, -0.25) is 9.69 Å². The van der Waals surface area contributed by atoms with Crippen LogP contribution in [0.25, 0.3) is 11.3 Å². The SMILES string of the molecule is O=C(N[C@@H](CN1CCOCC1)c1ccccc1)c1ccc(-c2ccccc2Cl)o1. The lowest BCUT2D eigenvalue weighted by molar-refractivity contribution is 0.0331. The van der Waals surface area contributed by atoms with Gasteiger partial charge in [0.15, 0.2) is 5.76 Å². The monoisotopic (exact) mass is 410 g/mol. The van der Waals surface area contributed by atoms with Crippen molar-refractivity contribution in [2.45, 2.75) is 6.04 Å². The maximum absolute atomic E-state index is 12.9. The number of rotatable bonds is 6. The van der Waals surface area contributed by atoms with Gasteiger partial charge >= 0.3 is 0 Å². The van der Waals surface area contributed by atoms with Crippen LogP contribution in [0.5, 0.6) is 0 Å². The Morgan fingerprint density at radius 3 is 2.48 bits per heavy atom. The van der Waals surface area contributed by atoms with Gasteiger partial charge in [0.05, 0.1) is 24.3 Å². The number of hydrogen-bond donors (Lipinski definition) is 1. The van der Waals surface area contributed by atoms with Crippen LogP contribution in [0.2, 0.25) is 5.02 Å². The minimum atomic E-state index is -0.245. The smallest absolute Gasteiger partial charge is 0.287 e. The van der Waals surface area contributed by atoms with Gasteiger partial charge in [-0.15, -0.1) is 0 Å². The molecule has 6 heteroatoms. The van der Waals surface area contributed by atoms with E-state index in [9.17, 15) is 4.79 Å². The van der Waals surface area contributed by atoms with Crippen molar-refractivity contribution in [1.29, 1.82) is 0 Å². The number of morpholine rings is 1. The summed E-state index contributed by atoms with van der Waals surface area (Å²) in [7, 11) is 0. The highest BCUT2D eigenvalue weighted by molar-refractivity contribution is 6.33. The molecule has 1 atom stereocenters. The van der Waals surface area contributed by atoms with Crippen LogP contribution < -0.4 is 5.32 Å². The van der Waals surface area contributed by atoms with E-state index in [-0.39, 0.29) is 17.7 Å². The highest BCUT2D eigenvalue weighted by Crippen LogP contribution is 2.29. The number of nitrogens with one attached hydrogen (secondary N) is 1. The summed E-state index contributed by atoms with van der Waals surface area (Å²) in [5.41, 5.74) is 1.83. The first-order chi connectivity index (χ1) is 14.2. The van der Waals surface area contributed by atoms with Crippen molar-refractivity contribution < 1.29 is 13.9 Å². The molecular formula is C23H23ClN2O3. The highest BCUT2D eigenvalue weighted by atomic mass is 35.5. The molecule has 3 aromatic rings. The Labute approximate surface area is 175 Å². The average molecular weight is 411 g/mol. The van der Waals surface area contributed by atoms with Gasteiger partial charge in [0, 0.05) is 25.2 Å². The minimum Gasteiger partial charge on any atom is -0.451 e. The molecule has 0 spiro atoms. The zero-order valence-corrected chi connectivity index (χ0v) is 16.8. The molecule has 0 aliphatic carbocycles.